The van der Waals surface area contributed by atoms with E-state index in [1.165, 1.54) is 11.1 Å². The van der Waals surface area contributed by atoms with Crippen molar-refractivity contribution in [3.05, 3.63) is 64.7 Å². The first-order valence-corrected chi connectivity index (χ1v) is 11.6. The molecular weight excluding hydrogens is 388 g/mol. The van der Waals surface area contributed by atoms with Gasteiger partial charge < -0.3 is 10.1 Å². The van der Waals surface area contributed by atoms with Crippen LogP contribution in [0.2, 0.25) is 0 Å². The Morgan fingerprint density at radius 2 is 1.93 bits per heavy atom. The van der Waals surface area contributed by atoms with Gasteiger partial charge in [-0.3, -0.25) is 4.79 Å². The summed E-state index contributed by atoms with van der Waals surface area (Å²) in [5, 5.41) is 3.39. The molecule has 156 valence electrons. The third kappa shape index (κ3) is 5.04. The first-order valence-electron chi connectivity index (χ1n) is 9.70. The molecule has 2 aromatic carbocycles. The molecule has 0 saturated heterocycles. The predicted octanol–water partition coefficient (Wildman–Crippen LogP) is 2.25. The van der Waals surface area contributed by atoms with Gasteiger partial charge in [0.1, 0.15) is 5.75 Å². The molecule has 2 aromatic rings. The predicted molar refractivity (Wildman–Crippen MR) is 114 cm³/mol. The van der Waals surface area contributed by atoms with Gasteiger partial charge in [0, 0.05) is 18.7 Å². The molecule has 3 rings (SSSR count). The number of Topliss-reactive ketones (excluding diaryl/α,β-unsaturated/α-hetero) is 1. The lowest BCUT2D eigenvalue weighted by Gasteiger charge is -2.38. The van der Waals surface area contributed by atoms with Crippen LogP contribution in [0.3, 0.4) is 0 Å². The maximum Gasteiger partial charge on any atom is 0.208 e. The number of sulfonamides is 1. The van der Waals surface area contributed by atoms with E-state index >= 15 is 0 Å². The number of hydrogen-bond acceptors (Lipinski definition) is 5. The second-order valence-corrected chi connectivity index (χ2v) is 9.46. The summed E-state index contributed by atoms with van der Waals surface area (Å²) in [6, 6.07) is 13.6. The standard InChI is InChI=1S/C22H28N2O4S/c1-16-6-4-5-7-17(16)11-13-23-22(15-24-29(3,26)27)12-10-18-14-19(28-2)8-9-20(18)21(22)25/h4-9,14,23-24H,10-13,15H2,1-3H3. The fourth-order valence-corrected chi connectivity index (χ4v) is 4.33. The molecule has 0 aliphatic heterocycles. The maximum atomic E-state index is 13.4. The Bertz CT molecular complexity index is 1000. The smallest absolute Gasteiger partial charge is 0.208 e. The van der Waals surface area contributed by atoms with Crippen molar-refractivity contribution in [2.24, 2.45) is 0 Å². The minimum Gasteiger partial charge on any atom is -0.497 e. The Morgan fingerprint density at radius 1 is 1.17 bits per heavy atom. The van der Waals surface area contributed by atoms with Gasteiger partial charge in [0.25, 0.3) is 0 Å². The molecule has 1 unspecified atom stereocenters. The molecule has 1 aliphatic carbocycles. The van der Waals surface area contributed by atoms with Crippen LogP contribution < -0.4 is 14.8 Å². The summed E-state index contributed by atoms with van der Waals surface area (Å²) >= 11 is 0. The fraction of sp³-hybridized carbons (Fsp3) is 0.409. The van der Waals surface area contributed by atoms with Gasteiger partial charge in [-0.15, -0.1) is 0 Å². The largest absolute Gasteiger partial charge is 0.497 e. The van der Waals surface area contributed by atoms with Gasteiger partial charge >= 0.3 is 0 Å². The number of methoxy groups -OCH3 is 1. The third-order valence-corrected chi connectivity index (χ3v) is 6.24. The first kappa shape index (κ1) is 21.5. The molecule has 0 amide bonds. The fourth-order valence-electron chi connectivity index (χ4n) is 3.83. The van der Waals surface area contributed by atoms with Gasteiger partial charge in [0.2, 0.25) is 10.0 Å². The molecule has 0 spiro atoms. The van der Waals surface area contributed by atoms with E-state index in [1.54, 1.807) is 19.2 Å². The van der Waals surface area contributed by atoms with E-state index in [9.17, 15) is 13.2 Å². The monoisotopic (exact) mass is 416 g/mol. The number of fused-ring (bicyclic) bond motifs is 1. The molecule has 2 N–H and O–H groups in total. The van der Waals surface area contributed by atoms with Gasteiger partial charge in [-0.05, 0) is 61.1 Å². The summed E-state index contributed by atoms with van der Waals surface area (Å²) in [5.74, 6) is 0.633. The van der Waals surface area contributed by atoms with Gasteiger partial charge in [-0.2, -0.15) is 0 Å². The number of benzene rings is 2. The third-order valence-electron chi connectivity index (χ3n) is 5.57. The van der Waals surface area contributed by atoms with Crippen LogP contribution in [-0.4, -0.2) is 46.2 Å². The van der Waals surface area contributed by atoms with Crippen LogP contribution in [0, 0.1) is 6.92 Å². The lowest BCUT2D eigenvalue weighted by atomic mass is 9.76. The van der Waals surface area contributed by atoms with Crippen LogP contribution in [0.5, 0.6) is 5.75 Å². The molecule has 7 heteroatoms. The van der Waals surface area contributed by atoms with Crippen LogP contribution in [0.4, 0.5) is 0 Å². The molecule has 0 heterocycles. The Hall–Kier alpha value is -2.22. The highest BCUT2D eigenvalue weighted by Crippen LogP contribution is 2.31. The number of ether oxygens (including phenoxy) is 1. The van der Waals surface area contributed by atoms with Crippen LogP contribution in [-0.2, 0) is 22.9 Å². The van der Waals surface area contributed by atoms with Crippen molar-refractivity contribution in [2.45, 2.75) is 31.7 Å². The van der Waals surface area contributed by atoms with E-state index in [0.717, 1.165) is 18.2 Å². The number of ketones is 1. The van der Waals surface area contributed by atoms with E-state index in [0.29, 0.717) is 30.7 Å². The number of nitrogens with one attached hydrogen (secondary N) is 2. The normalized spacial score (nSPS) is 19.1. The van der Waals surface area contributed by atoms with E-state index < -0.39 is 15.6 Å². The van der Waals surface area contributed by atoms with Crippen LogP contribution in [0.15, 0.2) is 42.5 Å². The van der Waals surface area contributed by atoms with Crippen molar-refractivity contribution >= 4 is 15.8 Å². The summed E-state index contributed by atoms with van der Waals surface area (Å²) < 4.78 is 31.3. The molecule has 1 aliphatic rings. The summed E-state index contributed by atoms with van der Waals surface area (Å²) in [6.45, 7) is 2.67. The quantitative estimate of drug-likeness (QED) is 0.690. The summed E-state index contributed by atoms with van der Waals surface area (Å²) in [7, 11) is -1.82. The number of carbonyl (C=O) groups is 1. The zero-order valence-corrected chi connectivity index (χ0v) is 17.9. The SMILES string of the molecule is COc1ccc2c(c1)CCC(CNS(C)(=O)=O)(NCCc1ccccc1C)C2=O. The van der Waals surface area contributed by atoms with Crippen molar-refractivity contribution in [1.82, 2.24) is 10.0 Å². The Morgan fingerprint density at radius 3 is 2.62 bits per heavy atom. The molecule has 0 bridgehead atoms. The Labute approximate surface area is 172 Å². The van der Waals surface area contributed by atoms with Crippen molar-refractivity contribution < 1.29 is 17.9 Å². The number of rotatable bonds is 8. The molecule has 6 nitrogen and oxygen atoms in total. The van der Waals surface area contributed by atoms with Crippen molar-refractivity contribution in [1.29, 1.82) is 0 Å². The van der Waals surface area contributed by atoms with E-state index in [1.807, 2.05) is 18.2 Å². The van der Waals surface area contributed by atoms with Crippen LogP contribution >= 0.6 is 0 Å². The van der Waals surface area contributed by atoms with Crippen molar-refractivity contribution in [3.63, 3.8) is 0 Å². The van der Waals surface area contributed by atoms with Gasteiger partial charge in [0.15, 0.2) is 5.78 Å². The van der Waals surface area contributed by atoms with Crippen LogP contribution in [0.25, 0.3) is 0 Å². The lowest BCUT2D eigenvalue weighted by Crippen LogP contribution is -2.61. The molecule has 0 aromatic heterocycles. The minimum absolute atomic E-state index is 0.0317. The molecule has 1 atom stereocenters. The molecule has 0 radical (unpaired) electrons. The summed E-state index contributed by atoms with van der Waals surface area (Å²) in [5.41, 5.74) is 3.00. The average Bonchev–Trinajstić information content (AvgIpc) is 2.69. The summed E-state index contributed by atoms with van der Waals surface area (Å²) in [6.07, 6.45) is 3.06. The highest BCUT2D eigenvalue weighted by molar-refractivity contribution is 7.88. The minimum atomic E-state index is -3.42. The zero-order chi connectivity index (χ0) is 21.1. The summed E-state index contributed by atoms with van der Waals surface area (Å²) in [4.78, 5) is 13.4. The number of hydrogen-bond donors (Lipinski definition) is 2. The number of carbonyl (C=O) groups excluding carboxylic acids is 1. The molecular formula is C22H28N2O4S. The molecule has 0 fully saturated rings. The second-order valence-electron chi connectivity index (χ2n) is 7.63. The topological polar surface area (TPSA) is 84.5 Å². The van der Waals surface area contributed by atoms with Gasteiger partial charge in [-0.1, -0.05) is 24.3 Å². The van der Waals surface area contributed by atoms with E-state index in [-0.39, 0.29) is 12.3 Å². The van der Waals surface area contributed by atoms with Gasteiger partial charge in [-0.25, -0.2) is 13.1 Å². The number of aryl methyl sites for hydroxylation is 2. The maximum absolute atomic E-state index is 13.4. The Kier molecular flexibility index (Phi) is 6.41. The van der Waals surface area contributed by atoms with E-state index in [4.69, 9.17) is 4.74 Å². The van der Waals surface area contributed by atoms with E-state index in [2.05, 4.69) is 29.1 Å². The second kappa shape index (κ2) is 8.65. The van der Waals surface area contributed by atoms with Crippen LogP contribution in [0.1, 0.15) is 33.5 Å². The van der Waals surface area contributed by atoms with Crippen molar-refractivity contribution in [2.75, 3.05) is 26.5 Å². The lowest BCUT2D eigenvalue weighted by molar-refractivity contribution is 0.0827. The highest BCUT2D eigenvalue weighted by Gasteiger charge is 2.42. The van der Waals surface area contributed by atoms with Crippen molar-refractivity contribution in [3.8, 4) is 5.75 Å². The Balaban J connectivity index is 1.83. The first-order chi connectivity index (χ1) is 13.7. The van der Waals surface area contributed by atoms with Gasteiger partial charge in [0.05, 0.1) is 18.9 Å². The highest BCUT2D eigenvalue weighted by atomic mass is 32.2. The molecule has 29 heavy (non-hydrogen) atoms. The zero-order valence-electron chi connectivity index (χ0n) is 17.1. The average molecular weight is 417 g/mol. The molecule has 0 saturated carbocycles.